The minimum atomic E-state index is -0.726. The van der Waals surface area contributed by atoms with Gasteiger partial charge in [-0.1, -0.05) is 29.3 Å². The Bertz CT molecular complexity index is 1180. The van der Waals surface area contributed by atoms with Gasteiger partial charge >= 0.3 is 0 Å². The van der Waals surface area contributed by atoms with E-state index in [0.29, 0.717) is 21.4 Å². The van der Waals surface area contributed by atoms with E-state index in [1.807, 2.05) is 0 Å². The molecule has 0 radical (unpaired) electrons. The van der Waals surface area contributed by atoms with E-state index in [1.165, 1.54) is 30.3 Å². The van der Waals surface area contributed by atoms with Crippen molar-refractivity contribution in [3.05, 3.63) is 86.1 Å². The molecule has 9 heteroatoms. The predicted molar refractivity (Wildman–Crippen MR) is 109 cm³/mol. The van der Waals surface area contributed by atoms with Crippen LogP contribution >= 0.6 is 23.2 Å². The van der Waals surface area contributed by atoms with Crippen molar-refractivity contribution in [3.63, 3.8) is 0 Å². The molecule has 0 atom stereocenters. The van der Waals surface area contributed by atoms with Crippen molar-refractivity contribution < 1.29 is 14.1 Å². The standard InChI is InChI=1S/C20H11Cl2N3O4/c21-13-4-6-17(18(22)9-13)19-7-5-16(29-19)8-12(11-23)20(26)24-14-2-1-3-15(10-14)25(27)28/h1-10H,(H,24,26)/b12-8-. The van der Waals surface area contributed by atoms with E-state index in [-0.39, 0.29) is 22.7 Å². The van der Waals surface area contributed by atoms with E-state index in [9.17, 15) is 20.2 Å². The van der Waals surface area contributed by atoms with Gasteiger partial charge in [-0.2, -0.15) is 5.26 Å². The number of rotatable bonds is 5. The molecule has 29 heavy (non-hydrogen) atoms. The number of benzene rings is 2. The summed E-state index contributed by atoms with van der Waals surface area (Å²) in [5.74, 6) is -0.0264. The number of anilines is 1. The van der Waals surface area contributed by atoms with Gasteiger partial charge < -0.3 is 9.73 Å². The van der Waals surface area contributed by atoms with Crippen molar-refractivity contribution in [2.24, 2.45) is 0 Å². The van der Waals surface area contributed by atoms with Crippen LogP contribution in [0.1, 0.15) is 5.76 Å². The van der Waals surface area contributed by atoms with E-state index in [0.717, 1.165) is 0 Å². The lowest BCUT2D eigenvalue weighted by atomic mass is 10.2. The second-order valence-corrected chi connectivity index (χ2v) is 6.60. The fraction of sp³-hybridized carbons (Fsp3) is 0. The maximum absolute atomic E-state index is 12.3. The molecule has 0 saturated heterocycles. The highest BCUT2D eigenvalue weighted by atomic mass is 35.5. The minimum absolute atomic E-state index is 0.180. The second kappa shape index (κ2) is 8.61. The number of hydrogen-bond donors (Lipinski definition) is 1. The van der Waals surface area contributed by atoms with E-state index in [2.05, 4.69) is 5.32 Å². The molecule has 0 spiro atoms. The molecule has 0 bridgehead atoms. The van der Waals surface area contributed by atoms with Crippen LogP contribution in [0.25, 0.3) is 17.4 Å². The van der Waals surface area contributed by atoms with Gasteiger partial charge in [-0.3, -0.25) is 14.9 Å². The molecule has 0 unspecified atom stereocenters. The molecule has 0 fully saturated rings. The summed E-state index contributed by atoms with van der Waals surface area (Å²) >= 11 is 12.0. The number of hydrogen-bond acceptors (Lipinski definition) is 5. The lowest BCUT2D eigenvalue weighted by Gasteiger charge is -2.04. The summed E-state index contributed by atoms with van der Waals surface area (Å²) in [5.41, 5.74) is 0.383. The number of nitro groups is 1. The van der Waals surface area contributed by atoms with Gasteiger partial charge in [0.25, 0.3) is 11.6 Å². The molecule has 3 rings (SSSR count). The van der Waals surface area contributed by atoms with Gasteiger partial charge in [0.05, 0.1) is 9.95 Å². The van der Waals surface area contributed by atoms with Crippen LogP contribution in [-0.2, 0) is 4.79 Å². The number of nitriles is 1. The van der Waals surface area contributed by atoms with Crippen LogP contribution in [0.15, 0.2) is 64.6 Å². The number of nitrogens with one attached hydrogen (secondary N) is 1. The predicted octanol–water partition coefficient (Wildman–Crippen LogP) is 5.71. The van der Waals surface area contributed by atoms with Crippen LogP contribution < -0.4 is 5.32 Å². The molecule has 1 N–H and O–H groups in total. The third-order valence-corrected chi connectivity index (χ3v) is 4.34. The van der Waals surface area contributed by atoms with Crippen molar-refractivity contribution in [1.82, 2.24) is 0 Å². The Balaban J connectivity index is 1.82. The van der Waals surface area contributed by atoms with Gasteiger partial charge in [0.2, 0.25) is 0 Å². The lowest BCUT2D eigenvalue weighted by molar-refractivity contribution is -0.384. The molecule has 1 heterocycles. The minimum Gasteiger partial charge on any atom is -0.457 e. The van der Waals surface area contributed by atoms with Gasteiger partial charge in [0.1, 0.15) is 23.2 Å². The number of nitro benzene ring substituents is 1. The van der Waals surface area contributed by atoms with E-state index in [1.54, 1.807) is 36.4 Å². The molecule has 3 aromatic rings. The van der Waals surface area contributed by atoms with Gasteiger partial charge in [0, 0.05) is 34.5 Å². The first-order chi connectivity index (χ1) is 13.9. The lowest BCUT2D eigenvalue weighted by Crippen LogP contribution is -2.13. The quantitative estimate of drug-likeness (QED) is 0.242. The Kier molecular flexibility index (Phi) is 5.98. The number of halogens is 2. The highest BCUT2D eigenvalue weighted by Crippen LogP contribution is 2.32. The third-order valence-electron chi connectivity index (χ3n) is 3.79. The van der Waals surface area contributed by atoms with E-state index < -0.39 is 10.8 Å². The highest BCUT2D eigenvalue weighted by Gasteiger charge is 2.14. The summed E-state index contributed by atoms with van der Waals surface area (Å²) in [6.07, 6.45) is 1.26. The van der Waals surface area contributed by atoms with Crippen LogP contribution in [-0.4, -0.2) is 10.8 Å². The summed E-state index contributed by atoms with van der Waals surface area (Å²) in [7, 11) is 0. The smallest absolute Gasteiger partial charge is 0.271 e. The molecule has 2 aromatic carbocycles. The Hall–Kier alpha value is -3.60. The summed E-state index contributed by atoms with van der Waals surface area (Å²) in [5, 5.41) is 23.5. The number of carbonyl (C=O) groups is 1. The molecule has 0 aliphatic carbocycles. The molecule has 0 aliphatic heterocycles. The molecular formula is C20H11Cl2N3O4. The van der Waals surface area contributed by atoms with Gasteiger partial charge in [-0.05, 0) is 36.4 Å². The molecule has 0 saturated carbocycles. The Morgan fingerprint density at radius 1 is 1.17 bits per heavy atom. The van der Waals surface area contributed by atoms with Crippen LogP contribution in [0.4, 0.5) is 11.4 Å². The van der Waals surface area contributed by atoms with Crippen LogP contribution in [0.3, 0.4) is 0 Å². The van der Waals surface area contributed by atoms with Crippen molar-refractivity contribution in [2.75, 3.05) is 5.32 Å². The maximum atomic E-state index is 12.3. The zero-order valence-corrected chi connectivity index (χ0v) is 16.1. The van der Waals surface area contributed by atoms with Crippen molar-refractivity contribution >= 4 is 46.6 Å². The first kappa shape index (κ1) is 20.1. The summed E-state index contributed by atoms with van der Waals surface area (Å²) in [6, 6.07) is 15.3. The Morgan fingerprint density at radius 3 is 2.66 bits per heavy atom. The molecule has 1 aromatic heterocycles. The highest BCUT2D eigenvalue weighted by molar-refractivity contribution is 6.36. The van der Waals surface area contributed by atoms with Crippen molar-refractivity contribution in [3.8, 4) is 17.4 Å². The molecule has 0 aliphatic rings. The number of non-ortho nitro benzene ring substituents is 1. The van der Waals surface area contributed by atoms with Gasteiger partial charge in [-0.15, -0.1) is 0 Å². The zero-order chi connectivity index (χ0) is 21.0. The number of carbonyl (C=O) groups excluding carboxylic acids is 1. The molecule has 7 nitrogen and oxygen atoms in total. The topological polar surface area (TPSA) is 109 Å². The first-order valence-electron chi connectivity index (χ1n) is 8.10. The fourth-order valence-corrected chi connectivity index (χ4v) is 2.95. The average molecular weight is 428 g/mol. The second-order valence-electron chi connectivity index (χ2n) is 5.76. The maximum Gasteiger partial charge on any atom is 0.271 e. The Labute approximate surface area is 174 Å². The van der Waals surface area contributed by atoms with Gasteiger partial charge in [-0.25, -0.2) is 0 Å². The molecular weight excluding hydrogens is 417 g/mol. The summed E-state index contributed by atoms with van der Waals surface area (Å²) in [4.78, 5) is 22.6. The first-order valence-corrected chi connectivity index (χ1v) is 8.86. The van der Waals surface area contributed by atoms with Crippen molar-refractivity contribution in [1.29, 1.82) is 5.26 Å². The van der Waals surface area contributed by atoms with Crippen LogP contribution in [0.5, 0.6) is 0 Å². The zero-order valence-electron chi connectivity index (χ0n) is 14.6. The van der Waals surface area contributed by atoms with Crippen molar-refractivity contribution in [2.45, 2.75) is 0 Å². The molecule has 144 valence electrons. The van der Waals surface area contributed by atoms with Crippen LogP contribution in [0, 0.1) is 21.4 Å². The largest absolute Gasteiger partial charge is 0.457 e. The summed E-state index contributed by atoms with van der Waals surface area (Å²) < 4.78 is 5.65. The average Bonchev–Trinajstić information content (AvgIpc) is 3.14. The summed E-state index contributed by atoms with van der Waals surface area (Å²) in [6.45, 7) is 0. The Morgan fingerprint density at radius 2 is 1.97 bits per heavy atom. The van der Waals surface area contributed by atoms with Gasteiger partial charge in [0.15, 0.2) is 0 Å². The number of furan rings is 1. The third kappa shape index (κ3) is 4.82. The van der Waals surface area contributed by atoms with E-state index in [4.69, 9.17) is 27.6 Å². The van der Waals surface area contributed by atoms with E-state index >= 15 is 0 Å². The normalized spacial score (nSPS) is 11.0. The molecule has 1 amide bonds. The van der Waals surface area contributed by atoms with Crippen LogP contribution in [0.2, 0.25) is 10.0 Å². The fourth-order valence-electron chi connectivity index (χ4n) is 2.45. The number of amides is 1. The number of nitrogens with zero attached hydrogens (tertiary/aromatic N) is 2. The monoisotopic (exact) mass is 427 g/mol. The SMILES string of the molecule is N#C/C(=C/c1ccc(-c2ccc(Cl)cc2Cl)o1)C(=O)Nc1cccc([N+](=O)[O-])c1.